The van der Waals surface area contributed by atoms with Crippen LogP contribution in [0.15, 0.2) is 29.3 Å². The number of para-hydroxylation sites is 1. The summed E-state index contributed by atoms with van der Waals surface area (Å²) in [6, 6.07) is 8.38. The maximum Gasteiger partial charge on any atom is 0.194 e. The van der Waals surface area contributed by atoms with Gasteiger partial charge in [0, 0.05) is 37.2 Å². The Labute approximate surface area is 168 Å². The highest BCUT2D eigenvalue weighted by Crippen LogP contribution is 2.51. The molecule has 1 aliphatic carbocycles. The van der Waals surface area contributed by atoms with Gasteiger partial charge >= 0.3 is 0 Å². The van der Waals surface area contributed by atoms with Gasteiger partial charge in [-0.15, -0.1) is 0 Å². The molecule has 2 unspecified atom stereocenters. The highest BCUT2D eigenvalue weighted by Gasteiger charge is 2.46. The Bertz CT molecular complexity index is 683. The minimum atomic E-state index is 0.119. The Morgan fingerprint density at radius 3 is 2.79 bits per heavy atom. The van der Waals surface area contributed by atoms with E-state index in [1.54, 1.807) is 7.11 Å². The zero-order valence-electron chi connectivity index (χ0n) is 17.2. The first kappa shape index (κ1) is 19.5. The van der Waals surface area contributed by atoms with E-state index in [2.05, 4.69) is 35.3 Å². The number of morpholine rings is 1. The standard InChI is InChI=1S/C22H33N3O3/c1-3-23-21(25-12-14-28-20(15-25)19-9-6-13-27-19)24-16-22(10-11-22)17-7-4-5-8-18(17)26-2/h4-5,7-8,19-20H,3,6,9-16H2,1-2H3,(H,23,24). The molecule has 0 amide bonds. The number of hydrogen-bond acceptors (Lipinski definition) is 4. The van der Waals surface area contributed by atoms with Gasteiger partial charge in [0.25, 0.3) is 0 Å². The third-order valence-corrected chi connectivity index (χ3v) is 6.17. The smallest absolute Gasteiger partial charge is 0.194 e. The van der Waals surface area contributed by atoms with Crippen LogP contribution >= 0.6 is 0 Å². The van der Waals surface area contributed by atoms with E-state index < -0.39 is 0 Å². The van der Waals surface area contributed by atoms with Crippen molar-refractivity contribution >= 4 is 5.96 Å². The lowest BCUT2D eigenvalue weighted by Crippen LogP contribution is -2.53. The Morgan fingerprint density at radius 2 is 2.07 bits per heavy atom. The summed E-state index contributed by atoms with van der Waals surface area (Å²) in [6.45, 7) is 7.09. The lowest BCUT2D eigenvalue weighted by molar-refractivity contribution is -0.0817. The van der Waals surface area contributed by atoms with Gasteiger partial charge in [-0.1, -0.05) is 18.2 Å². The molecule has 1 aromatic carbocycles. The SMILES string of the molecule is CCNC(=NCC1(c2ccccc2OC)CC1)N1CCOC(C2CCCO2)C1. The molecule has 6 nitrogen and oxygen atoms in total. The van der Waals surface area contributed by atoms with Gasteiger partial charge in [0.1, 0.15) is 11.9 Å². The summed E-state index contributed by atoms with van der Waals surface area (Å²) >= 11 is 0. The summed E-state index contributed by atoms with van der Waals surface area (Å²) in [7, 11) is 1.75. The van der Waals surface area contributed by atoms with Crippen LogP contribution in [0.25, 0.3) is 0 Å². The molecule has 4 rings (SSSR count). The van der Waals surface area contributed by atoms with Crippen LogP contribution in [0.2, 0.25) is 0 Å². The topological polar surface area (TPSA) is 55.3 Å². The Kier molecular flexibility index (Phi) is 6.07. The van der Waals surface area contributed by atoms with Crippen molar-refractivity contribution in [2.24, 2.45) is 4.99 Å². The van der Waals surface area contributed by atoms with E-state index in [-0.39, 0.29) is 17.6 Å². The van der Waals surface area contributed by atoms with Crippen LogP contribution < -0.4 is 10.1 Å². The van der Waals surface area contributed by atoms with Crippen molar-refractivity contribution in [3.8, 4) is 5.75 Å². The molecule has 2 atom stereocenters. The van der Waals surface area contributed by atoms with Crippen molar-refractivity contribution < 1.29 is 14.2 Å². The fourth-order valence-electron chi connectivity index (χ4n) is 4.39. The predicted octanol–water partition coefficient (Wildman–Crippen LogP) is 2.57. The van der Waals surface area contributed by atoms with Crippen molar-refractivity contribution in [2.75, 3.05) is 46.5 Å². The molecule has 0 bridgehead atoms. The maximum atomic E-state index is 6.01. The fraction of sp³-hybridized carbons (Fsp3) is 0.682. The van der Waals surface area contributed by atoms with E-state index in [1.165, 1.54) is 5.56 Å². The van der Waals surface area contributed by atoms with E-state index in [9.17, 15) is 0 Å². The van der Waals surface area contributed by atoms with Crippen molar-refractivity contribution in [1.82, 2.24) is 10.2 Å². The zero-order chi connectivity index (χ0) is 19.4. The number of methoxy groups -OCH3 is 1. The summed E-state index contributed by atoms with van der Waals surface area (Å²) in [5.74, 6) is 1.97. The number of nitrogens with zero attached hydrogens (tertiary/aromatic N) is 2. The van der Waals surface area contributed by atoms with E-state index in [0.717, 1.165) is 76.8 Å². The molecule has 28 heavy (non-hydrogen) atoms. The normalized spacial score (nSPS) is 26.9. The van der Waals surface area contributed by atoms with Crippen LogP contribution in [0.3, 0.4) is 0 Å². The monoisotopic (exact) mass is 387 g/mol. The summed E-state index contributed by atoms with van der Waals surface area (Å²) < 4.78 is 17.5. The van der Waals surface area contributed by atoms with E-state index in [4.69, 9.17) is 19.2 Å². The second-order valence-corrected chi connectivity index (χ2v) is 8.06. The number of nitrogens with one attached hydrogen (secondary N) is 1. The molecular weight excluding hydrogens is 354 g/mol. The summed E-state index contributed by atoms with van der Waals surface area (Å²) in [4.78, 5) is 7.41. The highest BCUT2D eigenvalue weighted by molar-refractivity contribution is 5.80. The van der Waals surface area contributed by atoms with Crippen molar-refractivity contribution in [1.29, 1.82) is 0 Å². The van der Waals surface area contributed by atoms with Gasteiger partial charge in [-0.3, -0.25) is 4.99 Å². The van der Waals surface area contributed by atoms with E-state index in [0.29, 0.717) is 0 Å². The van der Waals surface area contributed by atoms with Crippen LogP contribution in [0.4, 0.5) is 0 Å². The molecule has 1 aromatic rings. The molecule has 3 aliphatic rings. The van der Waals surface area contributed by atoms with Crippen molar-refractivity contribution in [3.63, 3.8) is 0 Å². The number of guanidine groups is 1. The van der Waals surface area contributed by atoms with Crippen LogP contribution in [0, 0.1) is 0 Å². The van der Waals surface area contributed by atoms with Gasteiger partial charge in [0.05, 0.1) is 26.4 Å². The molecule has 0 spiro atoms. The maximum absolute atomic E-state index is 6.01. The Balaban J connectivity index is 1.47. The van der Waals surface area contributed by atoms with Crippen LogP contribution in [0.1, 0.15) is 38.2 Å². The molecule has 6 heteroatoms. The first-order valence-corrected chi connectivity index (χ1v) is 10.7. The molecule has 0 aromatic heterocycles. The Morgan fingerprint density at radius 1 is 1.25 bits per heavy atom. The van der Waals surface area contributed by atoms with Crippen molar-refractivity contribution in [3.05, 3.63) is 29.8 Å². The predicted molar refractivity (Wildman–Crippen MR) is 110 cm³/mol. The lowest BCUT2D eigenvalue weighted by atomic mass is 9.95. The molecule has 1 N–H and O–H groups in total. The number of aliphatic imine (C=N–C) groups is 1. The van der Waals surface area contributed by atoms with Gasteiger partial charge < -0.3 is 24.4 Å². The van der Waals surface area contributed by atoms with E-state index in [1.807, 2.05) is 6.07 Å². The highest BCUT2D eigenvalue weighted by atomic mass is 16.5. The van der Waals surface area contributed by atoms with Crippen LogP contribution in [-0.4, -0.2) is 69.6 Å². The average Bonchev–Trinajstić information content (AvgIpc) is 3.33. The van der Waals surface area contributed by atoms with Crippen LogP contribution in [0.5, 0.6) is 5.75 Å². The average molecular weight is 388 g/mol. The molecule has 0 radical (unpaired) electrons. The zero-order valence-corrected chi connectivity index (χ0v) is 17.2. The quantitative estimate of drug-likeness (QED) is 0.601. The van der Waals surface area contributed by atoms with Gasteiger partial charge in [-0.25, -0.2) is 0 Å². The first-order valence-electron chi connectivity index (χ1n) is 10.7. The van der Waals surface area contributed by atoms with Gasteiger partial charge in [-0.2, -0.15) is 0 Å². The number of benzene rings is 1. The first-order chi connectivity index (χ1) is 13.8. The second kappa shape index (κ2) is 8.70. The molecule has 2 aliphatic heterocycles. The third-order valence-electron chi connectivity index (χ3n) is 6.17. The third kappa shape index (κ3) is 4.13. The molecule has 2 heterocycles. The molecular formula is C22H33N3O3. The lowest BCUT2D eigenvalue weighted by Gasteiger charge is -2.37. The Hall–Kier alpha value is -1.79. The number of rotatable bonds is 6. The molecule has 1 saturated carbocycles. The van der Waals surface area contributed by atoms with Crippen LogP contribution in [-0.2, 0) is 14.9 Å². The van der Waals surface area contributed by atoms with E-state index >= 15 is 0 Å². The summed E-state index contributed by atoms with van der Waals surface area (Å²) in [5, 5.41) is 3.49. The molecule has 154 valence electrons. The van der Waals surface area contributed by atoms with Gasteiger partial charge in [0.2, 0.25) is 0 Å². The number of hydrogen-bond donors (Lipinski definition) is 1. The minimum Gasteiger partial charge on any atom is -0.496 e. The number of ether oxygens (including phenoxy) is 3. The molecule has 2 saturated heterocycles. The van der Waals surface area contributed by atoms with Crippen molar-refractivity contribution in [2.45, 2.75) is 50.2 Å². The second-order valence-electron chi connectivity index (χ2n) is 8.06. The fourth-order valence-corrected chi connectivity index (χ4v) is 4.39. The summed E-state index contributed by atoms with van der Waals surface area (Å²) in [6.07, 6.45) is 4.94. The largest absolute Gasteiger partial charge is 0.496 e. The van der Waals surface area contributed by atoms with Gasteiger partial charge in [-0.05, 0) is 38.7 Å². The van der Waals surface area contributed by atoms with Gasteiger partial charge in [0.15, 0.2) is 5.96 Å². The minimum absolute atomic E-state index is 0.119. The molecule has 3 fully saturated rings. The summed E-state index contributed by atoms with van der Waals surface area (Å²) in [5.41, 5.74) is 1.41.